The van der Waals surface area contributed by atoms with E-state index in [0.29, 0.717) is 5.11 Å². The fourth-order valence-electron chi connectivity index (χ4n) is 2.92. The van der Waals surface area contributed by atoms with E-state index < -0.39 is 0 Å². The Hall–Kier alpha value is -1.62. The highest BCUT2D eigenvalue weighted by Crippen LogP contribution is 2.50. The predicted octanol–water partition coefficient (Wildman–Crippen LogP) is 1.67. The van der Waals surface area contributed by atoms with Crippen LogP contribution in [0.1, 0.15) is 24.8 Å². The van der Waals surface area contributed by atoms with E-state index in [1.807, 2.05) is 28.2 Å². The average molecular weight is 289 g/mol. The van der Waals surface area contributed by atoms with E-state index >= 15 is 0 Å². The van der Waals surface area contributed by atoms with Gasteiger partial charge in [0.15, 0.2) is 5.11 Å². The molecule has 1 aromatic rings. The molecule has 2 fully saturated rings. The number of nitrogens with one attached hydrogen (secondary N) is 1. The van der Waals surface area contributed by atoms with Crippen molar-refractivity contribution in [3.63, 3.8) is 0 Å². The van der Waals surface area contributed by atoms with Crippen LogP contribution in [0.2, 0.25) is 0 Å². The second-order valence-corrected chi connectivity index (χ2v) is 5.79. The third-order valence-corrected chi connectivity index (χ3v) is 4.61. The van der Waals surface area contributed by atoms with Gasteiger partial charge < -0.3 is 5.32 Å². The van der Waals surface area contributed by atoms with Gasteiger partial charge in [0.1, 0.15) is 0 Å². The fourth-order valence-corrected chi connectivity index (χ4v) is 3.11. The maximum atomic E-state index is 13.0. The summed E-state index contributed by atoms with van der Waals surface area (Å²) in [5.41, 5.74) is 0.819. The summed E-state index contributed by atoms with van der Waals surface area (Å²) >= 11 is 5.29. The number of amides is 1. The van der Waals surface area contributed by atoms with Crippen LogP contribution < -0.4 is 5.32 Å². The van der Waals surface area contributed by atoms with Crippen LogP contribution in [0.25, 0.3) is 0 Å². The third kappa shape index (κ3) is 2.06. The van der Waals surface area contributed by atoms with Crippen molar-refractivity contribution in [2.45, 2.75) is 24.7 Å². The lowest BCUT2D eigenvalue weighted by Crippen LogP contribution is -2.51. The van der Waals surface area contributed by atoms with Crippen LogP contribution >= 0.6 is 12.2 Å². The molecule has 1 saturated carbocycles. The van der Waals surface area contributed by atoms with Crippen LogP contribution in [0.5, 0.6) is 0 Å². The molecule has 1 aromatic carbocycles. The molecule has 0 atom stereocenters. The van der Waals surface area contributed by atoms with Gasteiger partial charge in [-0.1, -0.05) is 30.3 Å². The molecule has 1 N–H and O–H groups in total. The summed E-state index contributed by atoms with van der Waals surface area (Å²) in [6.45, 7) is 1.57. The molecule has 0 radical (unpaired) electrons. The number of benzene rings is 1. The quantitative estimate of drug-likeness (QED) is 0.840. The highest BCUT2D eigenvalue weighted by molar-refractivity contribution is 7.80. The number of hydrazine groups is 1. The van der Waals surface area contributed by atoms with Crippen LogP contribution in [-0.4, -0.2) is 41.2 Å². The Kier molecular flexibility index (Phi) is 3.38. The van der Waals surface area contributed by atoms with Crippen molar-refractivity contribution < 1.29 is 4.79 Å². The molecule has 1 aliphatic carbocycles. The summed E-state index contributed by atoms with van der Waals surface area (Å²) in [7, 11) is 1.80. The van der Waals surface area contributed by atoms with Gasteiger partial charge in [-0.2, -0.15) is 0 Å². The third-order valence-electron chi connectivity index (χ3n) is 4.20. The largest absolute Gasteiger partial charge is 0.364 e. The maximum Gasteiger partial charge on any atom is 0.251 e. The van der Waals surface area contributed by atoms with Crippen LogP contribution in [-0.2, 0) is 10.2 Å². The lowest BCUT2D eigenvalue weighted by atomic mass is 9.95. The van der Waals surface area contributed by atoms with Crippen LogP contribution in [0.3, 0.4) is 0 Å². The molecule has 1 amide bonds. The van der Waals surface area contributed by atoms with Crippen LogP contribution in [0.4, 0.5) is 0 Å². The van der Waals surface area contributed by atoms with Gasteiger partial charge in [0.05, 0.1) is 5.41 Å². The summed E-state index contributed by atoms with van der Waals surface area (Å²) in [6, 6.07) is 10.1. The zero-order valence-corrected chi connectivity index (χ0v) is 12.4. The molecule has 2 aliphatic rings. The molecule has 0 aromatic heterocycles. The molecule has 0 bridgehead atoms. The van der Waals surface area contributed by atoms with E-state index in [9.17, 15) is 4.79 Å². The molecule has 0 spiro atoms. The van der Waals surface area contributed by atoms with E-state index in [-0.39, 0.29) is 11.3 Å². The number of thiocarbonyl (C=S) groups is 1. The molecule has 5 heteroatoms. The molecule has 106 valence electrons. The Morgan fingerprint density at radius 3 is 2.45 bits per heavy atom. The van der Waals surface area contributed by atoms with Crippen molar-refractivity contribution in [3.8, 4) is 0 Å². The first-order chi connectivity index (χ1) is 9.69. The van der Waals surface area contributed by atoms with E-state index in [1.165, 1.54) is 0 Å². The second kappa shape index (κ2) is 5.05. The molecular weight excluding hydrogens is 270 g/mol. The van der Waals surface area contributed by atoms with E-state index in [2.05, 4.69) is 17.4 Å². The Labute approximate surface area is 124 Å². The van der Waals surface area contributed by atoms with Crippen molar-refractivity contribution in [2.75, 3.05) is 20.1 Å². The van der Waals surface area contributed by atoms with Gasteiger partial charge >= 0.3 is 0 Å². The Bertz CT molecular complexity index is 527. The molecule has 1 saturated heterocycles. The fraction of sp³-hybridized carbons (Fsp3) is 0.467. The Morgan fingerprint density at radius 1 is 1.20 bits per heavy atom. The van der Waals surface area contributed by atoms with Crippen LogP contribution in [0, 0.1) is 0 Å². The molecule has 3 rings (SSSR count). The number of carbonyl (C=O) groups excluding carboxylic acids is 1. The molecule has 0 unspecified atom stereocenters. The van der Waals surface area contributed by atoms with E-state index in [4.69, 9.17) is 12.2 Å². The summed E-state index contributed by atoms with van der Waals surface area (Å²) in [6.07, 6.45) is 2.84. The summed E-state index contributed by atoms with van der Waals surface area (Å²) in [5, 5.41) is 7.33. The minimum atomic E-state index is -0.312. The lowest BCUT2D eigenvalue weighted by Gasteiger charge is -2.32. The number of nitrogens with zero attached hydrogens (tertiary/aromatic N) is 2. The van der Waals surface area contributed by atoms with E-state index in [0.717, 1.165) is 37.9 Å². The first-order valence-corrected chi connectivity index (χ1v) is 7.46. The predicted molar refractivity (Wildman–Crippen MR) is 82.0 cm³/mol. The highest BCUT2D eigenvalue weighted by Gasteiger charge is 2.54. The number of rotatable bonds is 2. The van der Waals surface area contributed by atoms with Gasteiger partial charge in [-0.25, -0.2) is 0 Å². The smallest absolute Gasteiger partial charge is 0.251 e. The second-order valence-electron chi connectivity index (χ2n) is 5.41. The topological polar surface area (TPSA) is 35.6 Å². The van der Waals surface area contributed by atoms with Crippen molar-refractivity contribution in [1.29, 1.82) is 0 Å². The van der Waals surface area contributed by atoms with Gasteiger partial charge in [-0.05, 0) is 37.0 Å². The van der Waals surface area contributed by atoms with Crippen molar-refractivity contribution in [2.24, 2.45) is 0 Å². The summed E-state index contributed by atoms with van der Waals surface area (Å²) in [5.74, 6) is 0.193. The summed E-state index contributed by atoms with van der Waals surface area (Å²) < 4.78 is 0. The first kappa shape index (κ1) is 13.4. The highest BCUT2D eigenvalue weighted by atomic mass is 32.1. The van der Waals surface area contributed by atoms with Gasteiger partial charge in [0, 0.05) is 20.1 Å². The monoisotopic (exact) mass is 289 g/mol. The molecule has 1 heterocycles. The molecule has 4 nitrogen and oxygen atoms in total. The molecule has 20 heavy (non-hydrogen) atoms. The first-order valence-electron chi connectivity index (χ1n) is 7.06. The van der Waals surface area contributed by atoms with Crippen LogP contribution in [0.15, 0.2) is 30.3 Å². The summed E-state index contributed by atoms with van der Waals surface area (Å²) in [4.78, 5) is 13.0. The average Bonchev–Trinajstić information content (AvgIpc) is 3.17. The zero-order chi connectivity index (χ0) is 14.2. The maximum absolute atomic E-state index is 13.0. The minimum absolute atomic E-state index is 0.193. The Balaban J connectivity index is 1.84. The number of hydrogen-bond acceptors (Lipinski definition) is 2. The van der Waals surface area contributed by atoms with Crippen molar-refractivity contribution >= 4 is 23.2 Å². The van der Waals surface area contributed by atoms with E-state index in [1.54, 1.807) is 7.05 Å². The lowest BCUT2D eigenvalue weighted by molar-refractivity contribution is -0.141. The number of carbonyl (C=O) groups is 1. The normalized spacial score (nSPS) is 19.9. The zero-order valence-electron chi connectivity index (χ0n) is 11.6. The Morgan fingerprint density at radius 2 is 1.85 bits per heavy atom. The van der Waals surface area contributed by atoms with Crippen molar-refractivity contribution in [1.82, 2.24) is 15.3 Å². The molecular formula is C15H19N3OS. The molecule has 1 aliphatic heterocycles. The van der Waals surface area contributed by atoms with Gasteiger partial charge in [0.25, 0.3) is 5.91 Å². The SMILES string of the molecule is CNC(=S)N1CCCN1C(=O)C1(c2ccccc2)CC1. The number of hydrogen-bond donors (Lipinski definition) is 1. The van der Waals surface area contributed by atoms with Gasteiger partial charge in [-0.15, -0.1) is 0 Å². The van der Waals surface area contributed by atoms with Crippen molar-refractivity contribution in [3.05, 3.63) is 35.9 Å². The van der Waals surface area contributed by atoms with Gasteiger partial charge in [0.2, 0.25) is 0 Å². The van der Waals surface area contributed by atoms with Gasteiger partial charge in [-0.3, -0.25) is 14.8 Å². The standard InChI is InChI=1S/C15H19N3OS/c1-16-14(20)18-11-5-10-17(18)13(19)15(8-9-15)12-6-3-2-4-7-12/h2-4,6-7H,5,8-11H2,1H3,(H,16,20). The minimum Gasteiger partial charge on any atom is -0.364 e.